The van der Waals surface area contributed by atoms with Crippen molar-refractivity contribution >= 4 is 5.95 Å². The molecule has 1 aliphatic rings. The lowest BCUT2D eigenvalue weighted by Gasteiger charge is -2.05. The molecule has 1 aliphatic heterocycles. The molecule has 0 saturated carbocycles. The van der Waals surface area contributed by atoms with Crippen molar-refractivity contribution in [3.05, 3.63) is 16.3 Å². The topological polar surface area (TPSA) is 93.9 Å². The Bertz CT molecular complexity index is 356. The highest BCUT2D eigenvalue weighted by Gasteiger charge is 2.20. The largest absolute Gasteiger partial charge is 0.381 e. The van der Waals surface area contributed by atoms with E-state index in [1.807, 2.05) is 0 Å². The number of nitrogens with zero attached hydrogens (tertiary/aromatic N) is 2. The first-order valence-electron chi connectivity index (χ1n) is 4.07. The van der Waals surface area contributed by atoms with Crippen molar-refractivity contribution in [3.63, 3.8) is 0 Å². The van der Waals surface area contributed by atoms with Gasteiger partial charge in [-0.2, -0.15) is 9.97 Å². The second kappa shape index (κ2) is 3.14. The molecule has 13 heavy (non-hydrogen) atoms. The van der Waals surface area contributed by atoms with Gasteiger partial charge in [0.15, 0.2) is 0 Å². The fraction of sp³-hybridized carbons (Fsp3) is 0.571. The highest BCUT2D eigenvalue weighted by atomic mass is 16.5. The third-order valence-electron chi connectivity index (χ3n) is 2.00. The molecule has 1 unspecified atom stereocenters. The van der Waals surface area contributed by atoms with Gasteiger partial charge in [0.05, 0.1) is 6.61 Å². The second-order valence-corrected chi connectivity index (χ2v) is 2.96. The molecule has 1 aromatic rings. The number of anilines is 1. The monoisotopic (exact) mass is 182 g/mol. The van der Waals surface area contributed by atoms with Gasteiger partial charge in [0.25, 0.3) is 0 Å². The molecule has 6 heteroatoms. The quantitative estimate of drug-likeness (QED) is 0.596. The molecular weight excluding hydrogens is 172 g/mol. The number of aromatic amines is 1. The molecule has 1 aromatic heterocycles. The molecule has 3 N–H and O–H groups in total. The van der Waals surface area contributed by atoms with E-state index in [0.29, 0.717) is 19.0 Å². The van der Waals surface area contributed by atoms with Crippen LogP contribution in [0.2, 0.25) is 0 Å². The minimum atomic E-state index is -0.450. The number of nitrogen functional groups attached to an aromatic ring is 1. The van der Waals surface area contributed by atoms with Gasteiger partial charge >= 0.3 is 5.69 Å². The molecule has 0 bridgehead atoms. The first kappa shape index (κ1) is 8.18. The van der Waals surface area contributed by atoms with Gasteiger partial charge in [-0.05, 0) is 6.42 Å². The average molecular weight is 182 g/mol. The predicted octanol–water partition coefficient (Wildman–Crippen LogP) is -0.749. The van der Waals surface area contributed by atoms with Crippen molar-refractivity contribution in [1.82, 2.24) is 15.0 Å². The first-order chi connectivity index (χ1) is 6.25. The lowest BCUT2D eigenvalue weighted by molar-refractivity contribution is 0.193. The van der Waals surface area contributed by atoms with Gasteiger partial charge in [0.1, 0.15) is 5.82 Å². The van der Waals surface area contributed by atoms with E-state index in [-0.39, 0.29) is 11.9 Å². The van der Waals surface area contributed by atoms with Crippen LogP contribution in [0.1, 0.15) is 18.2 Å². The van der Waals surface area contributed by atoms with Crippen molar-refractivity contribution < 1.29 is 4.74 Å². The number of rotatable bonds is 1. The Balaban J connectivity index is 2.33. The van der Waals surface area contributed by atoms with Crippen LogP contribution < -0.4 is 11.4 Å². The van der Waals surface area contributed by atoms with Crippen molar-refractivity contribution in [3.8, 4) is 0 Å². The van der Waals surface area contributed by atoms with E-state index in [1.165, 1.54) is 0 Å². The third-order valence-corrected chi connectivity index (χ3v) is 2.00. The van der Waals surface area contributed by atoms with E-state index in [0.717, 1.165) is 6.42 Å². The molecule has 0 radical (unpaired) electrons. The summed E-state index contributed by atoms with van der Waals surface area (Å²) in [6.07, 6.45) is 0.867. The molecule has 0 amide bonds. The normalized spacial score (nSPS) is 22.0. The van der Waals surface area contributed by atoms with Crippen molar-refractivity contribution in [2.45, 2.75) is 12.3 Å². The standard InChI is InChI=1S/C7H10N4O2/c8-6-9-5(10-7(12)11-6)4-1-2-13-3-4/h4H,1-3H2,(H3,8,9,10,11,12). The molecule has 1 atom stereocenters. The highest BCUT2D eigenvalue weighted by Crippen LogP contribution is 2.20. The fourth-order valence-electron chi connectivity index (χ4n) is 1.36. The van der Waals surface area contributed by atoms with Crippen LogP contribution in [0, 0.1) is 0 Å². The van der Waals surface area contributed by atoms with Crippen LogP contribution in [0.15, 0.2) is 4.79 Å². The number of nitrogens with two attached hydrogens (primary N) is 1. The minimum Gasteiger partial charge on any atom is -0.381 e. The Kier molecular flexibility index (Phi) is 1.97. The van der Waals surface area contributed by atoms with Crippen LogP contribution in [0.25, 0.3) is 0 Å². The Morgan fingerprint density at radius 2 is 2.38 bits per heavy atom. The summed E-state index contributed by atoms with van der Waals surface area (Å²) in [6, 6.07) is 0. The van der Waals surface area contributed by atoms with Gasteiger partial charge in [0.2, 0.25) is 5.95 Å². The van der Waals surface area contributed by atoms with Crippen molar-refractivity contribution in [1.29, 1.82) is 0 Å². The van der Waals surface area contributed by atoms with Gasteiger partial charge in [-0.15, -0.1) is 0 Å². The van der Waals surface area contributed by atoms with Gasteiger partial charge in [-0.3, -0.25) is 4.98 Å². The lowest BCUT2D eigenvalue weighted by atomic mass is 10.1. The number of ether oxygens (including phenoxy) is 1. The van der Waals surface area contributed by atoms with E-state index < -0.39 is 5.69 Å². The Morgan fingerprint density at radius 1 is 1.54 bits per heavy atom. The zero-order valence-electron chi connectivity index (χ0n) is 6.99. The molecule has 1 fully saturated rings. The zero-order valence-corrected chi connectivity index (χ0v) is 6.99. The maximum absolute atomic E-state index is 10.9. The summed E-state index contributed by atoms with van der Waals surface area (Å²) in [5.41, 5.74) is 4.89. The van der Waals surface area contributed by atoms with Crippen LogP contribution in [-0.2, 0) is 4.74 Å². The molecule has 2 heterocycles. The molecule has 0 spiro atoms. The Hall–Kier alpha value is -1.43. The maximum Gasteiger partial charge on any atom is 0.349 e. The summed E-state index contributed by atoms with van der Waals surface area (Å²) in [5.74, 6) is 0.749. The predicted molar refractivity (Wildman–Crippen MR) is 45.2 cm³/mol. The summed E-state index contributed by atoms with van der Waals surface area (Å²) < 4.78 is 5.17. The summed E-state index contributed by atoms with van der Waals surface area (Å²) >= 11 is 0. The first-order valence-corrected chi connectivity index (χ1v) is 4.07. The average Bonchev–Trinajstić information content (AvgIpc) is 2.53. The molecule has 1 saturated heterocycles. The highest BCUT2D eigenvalue weighted by molar-refractivity contribution is 5.14. The van der Waals surface area contributed by atoms with Gasteiger partial charge in [-0.25, -0.2) is 4.79 Å². The molecule has 0 aliphatic carbocycles. The van der Waals surface area contributed by atoms with Crippen LogP contribution in [0.5, 0.6) is 0 Å². The number of hydrogen-bond donors (Lipinski definition) is 2. The Morgan fingerprint density at radius 3 is 3.00 bits per heavy atom. The molecule has 2 rings (SSSR count). The van der Waals surface area contributed by atoms with Crippen LogP contribution in [0.3, 0.4) is 0 Å². The SMILES string of the molecule is Nc1nc(C2CCOC2)[nH]c(=O)n1. The fourth-order valence-corrected chi connectivity index (χ4v) is 1.36. The third kappa shape index (κ3) is 1.67. The maximum atomic E-state index is 10.9. The van der Waals surface area contributed by atoms with Gasteiger partial charge in [0, 0.05) is 12.5 Å². The van der Waals surface area contributed by atoms with E-state index in [4.69, 9.17) is 10.5 Å². The molecule has 6 nitrogen and oxygen atoms in total. The van der Waals surface area contributed by atoms with E-state index >= 15 is 0 Å². The van der Waals surface area contributed by atoms with Crippen LogP contribution >= 0.6 is 0 Å². The smallest absolute Gasteiger partial charge is 0.349 e. The zero-order chi connectivity index (χ0) is 9.26. The van der Waals surface area contributed by atoms with Crippen molar-refractivity contribution in [2.24, 2.45) is 0 Å². The van der Waals surface area contributed by atoms with Crippen LogP contribution in [0.4, 0.5) is 5.95 Å². The van der Waals surface area contributed by atoms with Crippen LogP contribution in [-0.4, -0.2) is 28.2 Å². The molecular formula is C7H10N4O2. The summed E-state index contributed by atoms with van der Waals surface area (Å²) in [5, 5.41) is 0. The molecule has 0 aromatic carbocycles. The summed E-state index contributed by atoms with van der Waals surface area (Å²) in [7, 11) is 0. The van der Waals surface area contributed by atoms with E-state index in [2.05, 4.69) is 15.0 Å². The summed E-state index contributed by atoms with van der Waals surface area (Å²) in [6.45, 7) is 1.29. The molecule has 70 valence electrons. The second-order valence-electron chi connectivity index (χ2n) is 2.96. The number of H-pyrrole nitrogens is 1. The lowest BCUT2D eigenvalue weighted by Crippen LogP contribution is -2.19. The number of hydrogen-bond acceptors (Lipinski definition) is 5. The van der Waals surface area contributed by atoms with Crippen molar-refractivity contribution in [2.75, 3.05) is 18.9 Å². The Labute approximate surface area is 74.2 Å². The van der Waals surface area contributed by atoms with Gasteiger partial charge < -0.3 is 10.5 Å². The minimum absolute atomic E-state index is 0.0191. The van der Waals surface area contributed by atoms with E-state index in [1.54, 1.807) is 0 Å². The summed E-state index contributed by atoms with van der Waals surface area (Å²) in [4.78, 5) is 20.9. The van der Waals surface area contributed by atoms with Gasteiger partial charge in [-0.1, -0.05) is 0 Å². The van der Waals surface area contributed by atoms with E-state index in [9.17, 15) is 4.79 Å². The number of aromatic nitrogens is 3. The number of nitrogens with one attached hydrogen (secondary N) is 1.